The van der Waals surface area contributed by atoms with Gasteiger partial charge >= 0.3 is 0 Å². The highest BCUT2D eigenvalue weighted by atomic mass is 79.9. The van der Waals surface area contributed by atoms with Gasteiger partial charge in [0, 0.05) is 13.1 Å². The second-order valence-electron chi connectivity index (χ2n) is 3.75. The van der Waals surface area contributed by atoms with Gasteiger partial charge < -0.3 is 15.7 Å². The Morgan fingerprint density at radius 1 is 1.29 bits per heavy atom. The van der Waals surface area contributed by atoms with Gasteiger partial charge in [0.15, 0.2) is 0 Å². The molecule has 0 saturated carbocycles. The van der Waals surface area contributed by atoms with Crippen molar-refractivity contribution in [2.24, 2.45) is 0 Å². The molecule has 1 heterocycles. The third kappa shape index (κ3) is 4.47. The summed E-state index contributed by atoms with van der Waals surface area (Å²) in [6.07, 6.45) is 2.90. The highest BCUT2D eigenvalue weighted by Gasteiger charge is 2.09. The number of aliphatic hydroxyl groups is 1. The van der Waals surface area contributed by atoms with Gasteiger partial charge in [-0.2, -0.15) is 0 Å². The smallest absolute Gasteiger partial charge is 0.146 e. The molecule has 0 aliphatic rings. The molecule has 0 aliphatic heterocycles. The Hall–Kier alpha value is -0.880. The topological polar surface area (TPSA) is 70.1 Å². The highest BCUT2D eigenvalue weighted by Crippen LogP contribution is 2.26. The molecule has 1 aromatic rings. The monoisotopic (exact) mass is 302 g/mol. The second-order valence-corrected chi connectivity index (χ2v) is 4.55. The fourth-order valence-corrected chi connectivity index (χ4v) is 1.70. The largest absolute Gasteiger partial charge is 0.391 e. The van der Waals surface area contributed by atoms with Crippen molar-refractivity contribution >= 4 is 27.6 Å². The summed E-state index contributed by atoms with van der Waals surface area (Å²) < 4.78 is 0.803. The summed E-state index contributed by atoms with van der Waals surface area (Å²) in [7, 11) is 0. The van der Waals surface area contributed by atoms with Crippen LogP contribution in [0.1, 0.15) is 26.7 Å². The molecule has 1 unspecified atom stereocenters. The first-order chi connectivity index (χ1) is 8.19. The van der Waals surface area contributed by atoms with Crippen LogP contribution in [0.4, 0.5) is 11.6 Å². The Morgan fingerprint density at radius 3 is 2.53 bits per heavy atom. The molecule has 0 saturated heterocycles. The molecule has 0 radical (unpaired) electrons. The molecule has 6 heteroatoms. The van der Waals surface area contributed by atoms with Crippen molar-refractivity contribution in [1.29, 1.82) is 0 Å². The number of anilines is 2. The molecule has 0 amide bonds. The number of hydrogen-bond donors (Lipinski definition) is 3. The third-order valence-electron chi connectivity index (χ3n) is 2.31. The van der Waals surface area contributed by atoms with E-state index in [1.165, 1.54) is 6.33 Å². The number of halogens is 1. The number of aromatic nitrogens is 2. The number of nitrogens with zero attached hydrogens (tertiary/aromatic N) is 2. The Labute approximate surface area is 110 Å². The van der Waals surface area contributed by atoms with Crippen molar-refractivity contribution in [3.63, 3.8) is 0 Å². The van der Waals surface area contributed by atoms with E-state index in [2.05, 4.69) is 43.5 Å². The molecule has 5 nitrogen and oxygen atoms in total. The Balaban J connectivity index is 2.65. The zero-order chi connectivity index (χ0) is 12.7. The number of aliphatic hydroxyl groups excluding tert-OH is 1. The lowest BCUT2D eigenvalue weighted by molar-refractivity contribution is 0.183. The predicted molar refractivity (Wildman–Crippen MR) is 73.3 cm³/mol. The summed E-state index contributed by atoms with van der Waals surface area (Å²) in [5.41, 5.74) is 0. The van der Waals surface area contributed by atoms with E-state index in [1.807, 2.05) is 6.92 Å². The van der Waals surface area contributed by atoms with Crippen LogP contribution >= 0.6 is 15.9 Å². The summed E-state index contributed by atoms with van der Waals surface area (Å²) >= 11 is 3.45. The molecule has 17 heavy (non-hydrogen) atoms. The van der Waals surface area contributed by atoms with Crippen LogP contribution in [0.2, 0.25) is 0 Å². The van der Waals surface area contributed by atoms with Crippen LogP contribution in [0.3, 0.4) is 0 Å². The lowest BCUT2D eigenvalue weighted by atomic mass is 10.3. The Kier molecular flexibility index (Phi) is 6.21. The van der Waals surface area contributed by atoms with Gasteiger partial charge in [-0.1, -0.05) is 13.8 Å². The maximum Gasteiger partial charge on any atom is 0.146 e. The quantitative estimate of drug-likeness (QED) is 0.721. The molecule has 0 spiro atoms. The van der Waals surface area contributed by atoms with Crippen molar-refractivity contribution in [2.45, 2.75) is 32.8 Å². The van der Waals surface area contributed by atoms with Crippen molar-refractivity contribution in [3.05, 3.63) is 10.8 Å². The lowest BCUT2D eigenvalue weighted by Crippen LogP contribution is -2.19. The predicted octanol–water partition coefficient (Wildman–Crippen LogP) is 2.24. The van der Waals surface area contributed by atoms with Crippen LogP contribution in [0.15, 0.2) is 10.8 Å². The van der Waals surface area contributed by atoms with Crippen molar-refractivity contribution in [2.75, 3.05) is 23.7 Å². The molecule has 1 aromatic heterocycles. The fourth-order valence-electron chi connectivity index (χ4n) is 1.22. The van der Waals surface area contributed by atoms with Crippen LogP contribution in [0, 0.1) is 0 Å². The maximum absolute atomic E-state index is 9.48. The molecule has 1 rings (SSSR count). The van der Waals surface area contributed by atoms with Gasteiger partial charge in [-0.05, 0) is 28.8 Å². The first-order valence-electron chi connectivity index (χ1n) is 5.85. The van der Waals surface area contributed by atoms with Crippen LogP contribution in [0.25, 0.3) is 0 Å². The van der Waals surface area contributed by atoms with Crippen molar-refractivity contribution < 1.29 is 5.11 Å². The Bertz CT molecular complexity index is 348. The van der Waals surface area contributed by atoms with Gasteiger partial charge in [0.25, 0.3) is 0 Å². The first kappa shape index (κ1) is 14.2. The van der Waals surface area contributed by atoms with E-state index in [4.69, 9.17) is 0 Å². The minimum atomic E-state index is -0.357. The van der Waals surface area contributed by atoms with Gasteiger partial charge in [-0.25, -0.2) is 9.97 Å². The molecular weight excluding hydrogens is 284 g/mol. The zero-order valence-corrected chi connectivity index (χ0v) is 11.8. The van der Waals surface area contributed by atoms with E-state index in [0.717, 1.165) is 29.7 Å². The Morgan fingerprint density at radius 2 is 1.94 bits per heavy atom. The molecule has 3 N–H and O–H groups in total. The van der Waals surface area contributed by atoms with E-state index in [-0.39, 0.29) is 6.10 Å². The van der Waals surface area contributed by atoms with Crippen LogP contribution in [0.5, 0.6) is 0 Å². The summed E-state index contributed by atoms with van der Waals surface area (Å²) in [5.74, 6) is 1.47. The fraction of sp³-hybridized carbons (Fsp3) is 0.636. The van der Waals surface area contributed by atoms with Crippen molar-refractivity contribution in [1.82, 2.24) is 9.97 Å². The number of nitrogens with one attached hydrogen (secondary N) is 2. The minimum Gasteiger partial charge on any atom is -0.391 e. The van der Waals surface area contributed by atoms with E-state index in [9.17, 15) is 5.11 Å². The normalized spacial score (nSPS) is 12.2. The molecule has 96 valence electrons. The van der Waals surface area contributed by atoms with Crippen LogP contribution < -0.4 is 10.6 Å². The van der Waals surface area contributed by atoms with E-state index in [1.54, 1.807) is 0 Å². The molecule has 0 bridgehead atoms. The van der Waals surface area contributed by atoms with Gasteiger partial charge in [0.2, 0.25) is 0 Å². The summed E-state index contributed by atoms with van der Waals surface area (Å²) in [6.45, 7) is 5.39. The first-order valence-corrected chi connectivity index (χ1v) is 6.64. The molecule has 1 atom stereocenters. The minimum absolute atomic E-state index is 0.357. The van der Waals surface area contributed by atoms with Crippen LogP contribution in [-0.2, 0) is 0 Å². The summed E-state index contributed by atoms with van der Waals surface area (Å²) in [4.78, 5) is 8.29. The van der Waals surface area contributed by atoms with E-state index >= 15 is 0 Å². The van der Waals surface area contributed by atoms with E-state index < -0.39 is 0 Å². The van der Waals surface area contributed by atoms with Gasteiger partial charge in [0.05, 0.1) is 6.10 Å². The standard InChI is InChI=1S/C11H19BrN4O/c1-3-5-13-10-9(12)11(16-7-15-10)14-6-8(17)4-2/h7-8,17H,3-6H2,1-2H3,(H2,13,14,15,16). The lowest BCUT2D eigenvalue weighted by Gasteiger charge is -2.13. The zero-order valence-electron chi connectivity index (χ0n) is 10.2. The summed E-state index contributed by atoms with van der Waals surface area (Å²) in [5, 5.41) is 15.8. The van der Waals surface area contributed by atoms with Gasteiger partial charge in [-0.15, -0.1) is 0 Å². The molecule has 0 aromatic carbocycles. The van der Waals surface area contributed by atoms with E-state index in [0.29, 0.717) is 12.4 Å². The average Bonchev–Trinajstić information content (AvgIpc) is 2.35. The number of hydrogen-bond acceptors (Lipinski definition) is 5. The molecule has 0 aliphatic carbocycles. The molecule has 0 fully saturated rings. The SMILES string of the molecule is CCCNc1ncnc(NCC(O)CC)c1Br. The van der Waals surface area contributed by atoms with Gasteiger partial charge in [-0.3, -0.25) is 0 Å². The van der Waals surface area contributed by atoms with Crippen molar-refractivity contribution in [3.8, 4) is 0 Å². The summed E-state index contributed by atoms with van der Waals surface area (Å²) in [6, 6.07) is 0. The molecular formula is C11H19BrN4O. The maximum atomic E-state index is 9.48. The number of rotatable bonds is 7. The third-order valence-corrected chi connectivity index (χ3v) is 3.06. The average molecular weight is 303 g/mol. The van der Waals surface area contributed by atoms with Gasteiger partial charge in [0.1, 0.15) is 22.4 Å². The highest BCUT2D eigenvalue weighted by molar-refractivity contribution is 9.10. The van der Waals surface area contributed by atoms with Crippen LogP contribution in [-0.4, -0.2) is 34.3 Å². The second kappa shape index (κ2) is 7.45.